The van der Waals surface area contributed by atoms with Gasteiger partial charge in [0.15, 0.2) is 5.78 Å². The average Bonchev–Trinajstić information content (AvgIpc) is 2.91. The molecule has 15 heavy (non-hydrogen) atoms. The summed E-state index contributed by atoms with van der Waals surface area (Å²) >= 11 is 0. The average molecular weight is 204 g/mol. The third-order valence-corrected chi connectivity index (χ3v) is 4.11. The highest BCUT2D eigenvalue weighted by atomic mass is 16.3. The number of allylic oxidation sites excluding steroid dienone is 4. The Morgan fingerprint density at radius 1 is 1.27 bits per heavy atom. The predicted octanol–water partition coefficient (Wildman–Crippen LogP) is 2.76. The molecule has 0 heterocycles. The molecule has 3 atom stereocenters. The molecule has 0 amide bonds. The van der Waals surface area contributed by atoms with Gasteiger partial charge in [-0.3, -0.25) is 4.79 Å². The first kappa shape index (κ1) is 9.20. The minimum Gasteiger partial charge on any atom is -0.512 e. The highest BCUT2D eigenvalue weighted by Gasteiger charge is 2.39. The number of aliphatic hydroxyl groups is 1. The van der Waals surface area contributed by atoms with Gasteiger partial charge in [-0.25, -0.2) is 0 Å². The molecule has 0 saturated heterocycles. The van der Waals surface area contributed by atoms with E-state index in [0.717, 1.165) is 24.8 Å². The fourth-order valence-corrected chi connectivity index (χ4v) is 3.31. The molecular weight excluding hydrogens is 188 g/mol. The van der Waals surface area contributed by atoms with Crippen LogP contribution in [0.15, 0.2) is 23.5 Å². The number of hydrogen-bond acceptors (Lipinski definition) is 2. The Bertz CT molecular complexity index is 365. The molecule has 2 heteroatoms. The molecule has 3 aliphatic rings. The van der Waals surface area contributed by atoms with Crippen LogP contribution in [0.3, 0.4) is 0 Å². The molecule has 3 unspecified atom stereocenters. The van der Waals surface area contributed by atoms with E-state index in [1.807, 2.05) is 0 Å². The van der Waals surface area contributed by atoms with Crippen LogP contribution < -0.4 is 0 Å². The molecular formula is C13H16O2. The number of fused-ring (bicyclic) bond motifs is 2. The van der Waals surface area contributed by atoms with Crippen molar-refractivity contribution >= 4 is 5.78 Å². The van der Waals surface area contributed by atoms with E-state index in [1.54, 1.807) is 0 Å². The van der Waals surface area contributed by atoms with E-state index in [2.05, 4.69) is 12.2 Å². The lowest BCUT2D eigenvalue weighted by atomic mass is 9.89. The first-order chi connectivity index (χ1) is 7.25. The van der Waals surface area contributed by atoms with Gasteiger partial charge >= 0.3 is 0 Å². The smallest absolute Gasteiger partial charge is 0.162 e. The molecule has 80 valence electrons. The fraction of sp³-hybridized carbons (Fsp3) is 0.615. The van der Waals surface area contributed by atoms with E-state index in [9.17, 15) is 9.90 Å². The molecule has 1 N–H and O–H groups in total. The zero-order valence-corrected chi connectivity index (χ0v) is 8.78. The summed E-state index contributed by atoms with van der Waals surface area (Å²) in [4.78, 5) is 11.5. The molecule has 2 fully saturated rings. The molecule has 0 aromatic heterocycles. The van der Waals surface area contributed by atoms with Crippen molar-refractivity contribution in [3.8, 4) is 0 Å². The van der Waals surface area contributed by atoms with Crippen molar-refractivity contribution in [3.63, 3.8) is 0 Å². The first-order valence-corrected chi connectivity index (χ1v) is 5.89. The summed E-state index contributed by atoms with van der Waals surface area (Å²) in [6.45, 7) is 0. The van der Waals surface area contributed by atoms with Crippen LogP contribution in [0.5, 0.6) is 0 Å². The second-order valence-electron chi connectivity index (χ2n) is 5.03. The highest BCUT2D eigenvalue weighted by molar-refractivity contribution is 5.97. The number of hydrogen-bond donors (Lipinski definition) is 1. The summed E-state index contributed by atoms with van der Waals surface area (Å²) < 4.78 is 0. The van der Waals surface area contributed by atoms with E-state index in [4.69, 9.17) is 0 Å². The summed E-state index contributed by atoms with van der Waals surface area (Å²) in [6.07, 6.45) is 9.05. The van der Waals surface area contributed by atoms with Crippen molar-refractivity contribution in [2.24, 2.45) is 17.8 Å². The van der Waals surface area contributed by atoms with Gasteiger partial charge in [0.05, 0.1) is 0 Å². The minimum atomic E-state index is 0.180. The Morgan fingerprint density at radius 3 is 2.67 bits per heavy atom. The van der Waals surface area contributed by atoms with Gasteiger partial charge in [0, 0.05) is 17.9 Å². The number of aliphatic hydroxyl groups excluding tert-OH is 1. The van der Waals surface area contributed by atoms with Crippen molar-refractivity contribution in [1.29, 1.82) is 0 Å². The lowest BCUT2D eigenvalue weighted by molar-refractivity contribution is -0.114. The normalized spacial score (nSPS) is 41.6. The summed E-state index contributed by atoms with van der Waals surface area (Å²) in [5.74, 6) is 2.00. The lowest BCUT2D eigenvalue weighted by Gasteiger charge is -2.18. The monoisotopic (exact) mass is 204 g/mol. The molecule has 0 radical (unpaired) electrons. The van der Waals surface area contributed by atoms with Crippen LogP contribution in [0.2, 0.25) is 0 Å². The summed E-state index contributed by atoms with van der Waals surface area (Å²) in [5, 5.41) is 10.2. The molecule has 3 rings (SSSR count). The number of carbonyl (C=O) groups is 1. The summed E-state index contributed by atoms with van der Waals surface area (Å²) in [7, 11) is 0. The molecule has 2 saturated carbocycles. The topological polar surface area (TPSA) is 37.3 Å². The van der Waals surface area contributed by atoms with Crippen molar-refractivity contribution in [1.82, 2.24) is 0 Å². The van der Waals surface area contributed by atoms with E-state index in [1.165, 1.54) is 6.42 Å². The standard InChI is InChI=1S/C13H16O2/c14-12-3-1-2-10(12)13(15)11-7-8-4-5-9(11)6-8/h4-5,8-9,11,15H,1-3,6-7H2/b13-10+. The van der Waals surface area contributed by atoms with Crippen LogP contribution in [0, 0.1) is 17.8 Å². The van der Waals surface area contributed by atoms with Crippen LogP contribution in [0.4, 0.5) is 0 Å². The molecule has 2 bridgehead atoms. The van der Waals surface area contributed by atoms with Gasteiger partial charge in [-0.05, 0) is 37.5 Å². The number of carbonyl (C=O) groups excluding carboxylic acids is 1. The lowest BCUT2D eigenvalue weighted by Crippen LogP contribution is -2.13. The Kier molecular flexibility index (Phi) is 1.98. The third kappa shape index (κ3) is 1.35. The zero-order chi connectivity index (χ0) is 10.4. The largest absolute Gasteiger partial charge is 0.512 e. The van der Waals surface area contributed by atoms with Crippen LogP contribution in [0.25, 0.3) is 0 Å². The van der Waals surface area contributed by atoms with E-state index < -0.39 is 0 Å². The highest BCUT2D eigenvalue weighted by Crippen LogP contribution is 2.47. The van der Waals surface area contributed by atoms with E-state index >= 15 is 0 Å². The van der Waals surface area contributed by atoms with Gasteiger partial charge in [0.1, 0.15) is 5.76 Å². The van der Waals surface area contributed by atoms with Crippen LogP contribution in [0.1, 0.15) is 32.1 Å². The maximum atomic E-state index is 11.5. The van der Waals surface area contributed by atoms with Gasteiger partial charge in [0.2, 0.25) is 0 Å². The predicted molar refractivity (Wildman–Crippen MR) is 57.4 cm³/mol. The second kappa shape index (κ2) is 3.22. The number of rotatable bonds is 1. The van der Waals surface area contributed by atoms with Crippen molar-refractivity contribution in [2.75, 3.05) is 0 Å². The van der Waals surface area contributed by atoms with Crippen LogP contribution in [-0.4, -0.2) is 10.9 Å². The Balaban J connectivity index is 1.88. The van der Waals surface area contributed by atoms with Crippen LogP contribution in [-0.2, 0) is 4.79 Å². The van der Waals surface area contributed by atoms with E-state index in [0.29, 0.717) is 24.0 Å². The second-order valence-corrected chi connectivity index (χ2v) is 5.03. The SMILES string of the molecule is O=C1CCC/C1=C(\O)C1CC2C=CC1C2. The molecule has 0 aliphatic heterocycles. The fourth-order valence-electron chi connectivity index (χ4n) is 3.31. The summed E-state index contributed by atoms with van der Waals surface area (Å²) in [6, 6.07) is 0. The molecule has 0 spiro atoms. The van der Waals surface area contributed by atoms with Gasteiger partial charge in [0.25, 0.3) is 0 Å². The Labute approximate surface area is 89.7 Å². The molecule has 0 aromatic carbocycles. The molecule has 2 nitrogen and oxygen atoms in total. The van der Waals surface area contributed by atoms with Crippen molar-refractivity contribution in [2.45, 2.75) is 32.1 Å². The van der Waals surface area contributed by atoms with Gasteiger partial charge < -0.3 is 5.11 Å². The van der Waals surface area contributed by atoms with Gasteiger partial charge in [-0.15, -0.1) is 0 Å². The first-order valence-electron chi connectivity index (χ1n) is 5.89. The maximum absolute atomic E-state index is 11.5. The maximum Gasteiger partial charge on any atom is 0.162 e. The van der Waals surface area contributed by atoms with Gasteiger partial charge in [-0.1, -0.05) is 12.2 Å². The number of ketones is 1. The number of Topliss-reactive ketones (excluding diaryl/α,β-unsaturated/α-hetero) is 1. The van der Waals surface area contributed by atoms with Gasteiger partial charge in [-0.2, -0.15) is 0 Å². The summed E-state index contributed by atoms with van der Waals surface area (Å²) in [5.41, 5.74) is 0.737. The molecule has 3 aliphatic carbocycles. The van der Waals surface area contributed by atoms with Crippen molar-refractivity contribution < 1.29 is 9.90 Å². The zero-order valence-electron chi connectivity index (χ0n) is 8.78. The van der Waals surface area contributed by atoms with Crippen LogP contribution >= 0.6 is 0 Å². The Morgan fingerprint density at radius 2 is 2.13 bits per heavy atom. The van der Waals surface area contributed by atoms with Crippen molar-refractivity contribution in [3.05, 3.63) is 23.5 Å². The Hall–Kier alpha value is -1.05. The van der Waals surface area contributed by atoms with E-state index in [-0.39, 0.29) is 11.7 Å². The molecule has 0 aromatic rings. The minimum absolute atomic E-state index is 0.180. The quantitative estimate of drug-likeness (QED) is 0.405. The third-order valence-electron chi connectivity index (χ3n) is 4.11.